The minimum absolute atomic E-state index is 0.123. The highest BCUT2D eigenvalue weighted by molar-refractivity contribution is 5.73. The van der Waals surface area contributed by atoms with E-state index < -0.39 is 12.0 Å². The van der Waals surface area contributed by atoms with Gasteiger partial charge >= 0.3 is 11.9 Å². The maximum atomic E-state index is 11.6. The number of rotatable bonds is 10. The third kappa shape index (κ3) is 7.85. The van der Waals surface area contributed by atoms with Crippen LogP contribution in [-0.4, -0.2) is 23.1 Å². The average Bonchev–Trinajstić information content (AvgIpc) is 2.53. The van der Waals surface area contributed by atoms with E-state index in [-0.39, 0.29) is 19.0 Å². The fourth-order valence-electron chi connectivity index (χ4n) is 1.93. The average molecular weight is 320 g/mol. The first-order chi connectivity index (χ1) is 11.0. The summed E-state index contributed by atoms with van der Waals surface area (Å²) in [6.45, 7) is 0.123. The number of esters is 1. The maximum Gasteiger partial charge on any atom is 0.320 e. The highest BCUT2D eigenvalue weighted by Crippen LogP contribution is 2.15. The van der Waals surface area contributed by atoms with Crippen LogP contribution >= 0.6 is 0 Å². The summed E-state index contributed by atoms with van der Waals surface area (Å²) in [4.78, 5) is 24.8. The van der Waals surface area contributed by atoms with E-state index in [1.807, 2.05) is 0 Å². The van der Waals surface area contributed by atoms with Crippen LogP contribution in [0.25, 0.3) is 10.4 Å². The Morgan fingerprint density at radius 3 is 2.83 bits per heavy atom. The number of hydrogen-bond donors (Lipinski definition) is 2. The van der Waals surface area contributed by atoms with Crippen molar-refractivity contribution >= 4 is 17.6 Å². The molecule has 0 unspecified atom stereocenters. The molecule has 0 aliphatic heterocycles. The molecule has 8 heteroatoms. The van der Waals surface area contributed by atoms with Crippen LogP contribution in [0.5, 0.6) is 0 Å². The van der Waals surface area contributed by atoms with Crippen molar-refractivity contribution in [2.24, 2.45) is 10.8 Å². The molecule has 0 spiro atoms. The zero-order valence-corrected chi connectivity index (χ0v) is 12.7. The van der Waals surface area contributed by atoms with Gasteiger partial charge in [0.2, 0.25) is 0 Å². The second kappa shape index (κ2) is 10.2. The molecule has 1 aromatic rings. The SMILES string of the molecule is [N-]=[N+]=Nc1cccc(COC(=O)CCCCC[C@H](N)C(=O)O)c1. The van der Waals surface area contributed by atoms with Crippen LogP contribution < -0.4 is 5.73 Å². The molecule has 0 saturated heterocycles. The number of nitrogens with zero attached hydrogens (tertiary/aromatic N) is 3. The van der Waals surface area contributed by atoms with E-state index in [2.05, 4.69) is 10.0 Å². The Bertz CT molecular complexity index is 585. The molecule has 1 aromatic carbocycles. The number of carboxylic acid groups (broad SMARTS) is 1. The van der Waals surface area contributed by atoms with Gasteiger partial charge in [-0.15, -0.1) is 0 Å². The molecule has 0 saturated carbocycles. The number of nitrogens with two attached hydrogens (primary N) is 1. The fourth-order valence-corrected chi connectivity index (χ4v) is 1.93. The Morgan fingerprint density at radius 2 is 2.13 bits per heavy atom. The van der Waals surface area contributed by atoms with Crippen LogP contribution in [0.4, 0.5) is 5.69 Å². The highest BCUT2D eigenvalue weighted by Gasteiger charge is 2.10. The van der Waals surface area contributed by atoms with Crippen molar-refractivity contribution < 1.29 is 19.4 Å². The van der Waals surface area contributed by atoms with Gasteiger partial charge in [-0.3, -0.25) is 9.59 Å². The molecule has 0 aromatic heterocycles. The molecule has 0 heterocycles. The van der Waals surface area contributed by atoms with Gasteiger partial charge in [0.15, 0.2) is 0 Å². The first-order valence-electron chi connectivity index (χ1n) is 7.31. The largest absolute Gasteiger partial charge is 0.480 e. The Morgan fingerprint density at radius 1 is 1.35 bits per heavy atom. The molecule has 0 amide bonds. The van der Waals surface area contributed by atoms with E-state index in [0.29, 0.717) is 24.9 Å². The van der Waals surface area contributed by atoms with Gasteiger partial charge in [-0.05, 0) is 30.0 Å². The van der Waals surface area contributed by atoms with Gasteiger partial charge < -0.3 is 15.6 Å². The summed E-state index contributed by atoms with van der Waals surface area (Å²) in [5, 5.41) is 12.1. The number of carboxylic acids is 1. The van der Waals surface area contributed by atoms with E-state index in [1.54, 1.807) is 24.3 Å². The zero-order valence-electron chi connectivity index (χ0n) is 12.7. The Hall–Kier alpha value is -2.57. The van der Waals surface area contributed by atoms with Gasteiger partial charge in [-0.2, -0.15) is 0 Å². The zero-order chi connectivity index (χ0) is 17.1. The maximum absolute atomic E-state index is 11.6. The van der Waals surface area contributed by atoms with Crippen molar-refractivity contribution in [3.8, 4) is 0 Å². The number of benzene rings is 1. The number of azide groups is 1. The molecule has 0 fully saturated rings. The molecule has 0 radical (unpaired) electrons. The summed E-state index contributed by atoms with van der Waals surface area (Å²) in [7, 11) is 0. The van der Waals surface area contributed by atoms with Crippen molar-refractivity contribution in [1.82, 2.24) is 0 Å². The number of ether oxygens (including phenoxy) is 1. The number of hydrogen-bond acceptors (Lipinski definition) is 5. The standard InChI is InChI=1S/C15H20N4O4/c16-13(15(21)22)7-2-1-3-8-14(20)23-10-11-5-4-6-12(9-11)18-19-17/h4-6,9,13H,1-3,7-8,10,16H2,(H,21,22)/t13-/m0/s1. The number of carbonyl (C=O) groups is 2. The summed E-state index contributed by atoms with van der Waals surface area (Å²) in [6.07, 6.45) is 2.69. The molecule has 8 nitrogen and oxygen atoms in total. The van der Waals surface area contributed by atoms with Gasteiger partial charge in [-0.1, -0.05) is 36.2 Å². The Kier molecular flexibility index (Phi) is 8.20. The molecule has 0 aliphatic carbocycles. The molecule has 124 valence electrons. The van der Waals surface area contributed by atoms with Crippen LogP contribution in [-0.2, 0) is 20.9 Å². The van der Waals surface area contributed by atoms with E-state index in [9.17, 15) is 9.59 Å². The van der Waals surface area contributed by atoms with Crippen molar-refractivity contribution in [2.45, 2.75) is 44.8 Å². The van der Waals surface area contributed by atoms with Crippen molar-refractivity contribution in [2.75, 3.05) is 0 Å². The van der Waals surface area contributed by atoms with E-state index >= 15 is 0 Å². The molecule has 0 aliphatic rings. The van der Waals surface area contributed by atoms with Crippen molar-refractivity contribution in [1.29, 1.82) is 0 Å². The van der Waals surface area contributed by atoms with E-state index in [1.165, 1.54) is 0 Å². The second-order valence-electron chi connectivity index (χ2n) is 5.06. The second-order valence-corrected chi connectivity index (χ2v) is 5.06. The topological polar surface area (TPSA) is 138 Å². The summed E-state index contributed by atoms with van der Waals surface area (Å²) >= 11 is 0. The normalized spacial score (nSPS) is 11.3. The lowest BCUT2D eigenvalue weighted by Crippen LogP contribution is -2.29. The van der Waals surface area contributed by atoms with Crippen LogP contribution in [0.1, 0.15) is 37.7 Å². The Balaban J connectivity index is 2.21. The summed E-state index contributed by atoms with van der Waals surface area (Å²) in [5.74, 6) is -1.32. The van der Waals surface area contributed by atoms with Gasteiger partial charge in [0.25, 0.3) is 0 Å². The highest BCUT2D eigenvalue weighted by atomic mass is 16.5. The lowest BCUT2D eigenvalue weighted by molar-refractivity contribution is -0.145. The molecule has 23 heavy (non-hydrogen) atoms. The summed E-state index contributed by atoms with van der Waals surface area (Å²) in [5.41, 5.74) is 15.0. The quantitative estimate of drug-likeness (QED) is 0.224. The number of carbonyl (C=O) groups excluding carboxylic acids is 1. The van der Waals surface area contributed by atoms with Crippen LogP contribution in [0, 0.1) is 0 Å². The van der Waals surface area contributed by atoms with Crippen LogP contribution in [0.2, 0.25) is 0 Å². The lowest BCUT2D eigenvalue weighted by Gasteiger charge is -2.07. The van der Waals surface area contributed by atoms with Gasteiger partial charge in [0, 0.05) is 17.0 Å². The smallest absolute Gasteiger partial charge is 0.320 e. The lowest BCUT2D eigenvalue weighted by atomic mass is 10.1. The molecule has 0 bridgehead atoms. The molecule has 1 atom stereocenters. The minimum Gasteiger partial charge on any atom is -0.480 e. The van der Waals surface area contributed by atoms with Gasteiger partial charge in [0.1, 0.15) is 12.6 Å². The van der Waals surface area contributed by atoms with E-state index in [0.717, 1.165) is 12.0 Å². The molecular formula is C15H20N4O4. The number of unbranched alkanes of at least 4 members (excludes halogenated alkanes) is 2. The van der Waals surface area contributed by atoms with Crippen molar-refractivity contribution in [3.05, 3.63) is 40.3 Å². The molecule has 3 N–H and O–H groups in total. The van der Waals surface area contributed by atoms with Crippen LogP contribution in [0.15, 0.2) is 29.4 Å². The van der Waals surface area contributed by atoms with Crippen molar-refractivity contribution in [3.63, 3.8) is 0 Å². The predicted octanol–water partition coefficient (Wildman–Crippen LogP) is 3.03. The monoisotopic (exact) mass is 320 g/mol. The number of aliphatic carboxylic acids is 1. The molecular weight excluding hydrogens is 300 g/mol. The van der Waals surface area contributed by atoms with Crippen LogP contribution in [0.3, 0.4) is 0 Å². The third-order valence-electron chi connectivity index (χ3n) is 3.18. The third-order valence-corrected chi connectivity index (χ3v) is 3.18. The molecule has 1 rings (SSSR count). The van der Waals surface area contributed by atoms with Gasteiger partial charge in [-0.25, -0.2) is 0 Å². The Labute approximate surface area is 133 Å². The summed E-state index contributed by atoms with van der Waals surface area (Å²) < 4.78 is 5.13. The first-order valence-corrected chi connectivity index (χ1v) is 7.31. The fraction of sp³-hybridized carbons (Fsp3) is 0.467. The minimum atomic E-state index is -1.01. The predicted molar refractivity (Wildman–Crippen MR) is 83.7 cm³/mol. The van der Waals surface area contributed by atoms with Gasteiger partial charge in [0.05, 0.1) is 0 Å². The summed E-state index contributed by atoms with van der Waals surface area (Å²) in [6, 6.07) is 5.97. The van der Waals surface area contributed by atoms with E-state index in [4.69, 9.17) is 21.1 Å². The first kappa shape index (κ1) is 18.5.